The zero-order valence-corrected chi connectivity index (χ0v) is 13.1. The lowest BCUT2D eigenvalue weighted by atomic mass is 9.94. The fourth-order valence-corrected chi connectivity index (χ4v) is 3.35. The Morgan fingerprint density at radius 3 is 3.10 bits per heavy atom. The zero-order valence-electron chi connectivity index (χ0n) is 12.3. The zero-order chi connectivity index (χ0) is 14.4. The van der Waals surface area contributed by atoms with Gasteiger partial charge in [0.2, 0.25) is 5.91 Å². The van der Waals surface area contributed by atoms with E-state index in [-0.39, 0.29) is 18.0 Å². The Bertz CT molecular complexity index is 450. The van der Waals surface area contributed by atoms with Crippen LogP contribution in [0.15, 0.2) is 24.3 Å². The van der Waals surface area contributed by atoms with Crippen LogP contribution in [0.5, 0.6) is 0 Å². The van der Waals surface area contributed by atoms with Gasteiger partial charge in [0.15, 0.2) is 0 Å². The van der Waals surface area contributed by atoms with Crippen LogP contribution >= 0.6 is 11.8 Å². The van der Waals surface area contributed by atoms with E-state index in [2.05, 4.69) is 36.6 Å². The van der Waals surface area contributed by atoms with Crippen LogP contribution in [0.1, 0.15) is 37.4 Å². The van der Waals surface area contributed by atoms with E-state index in [4.69, 9.17) is 0 Å². The van der Waals surface area contributed by atoms with Crippen molar-refractivity contribution in [2.45, 2.75) is 38.8 Å². The number of hydrogen-bond donors (Lipinski definition) is 2. The molecule has 1 aromatic carbocycles. The van der Waals surface area contributed by atoms with Crippen LogP contribution in [0.3, 0.4) is 0 Å². The fourth-order valence-electron chi connectivity index (χ4n) is 2.54. The molecule has 2 rings (SSSR count). The number of fused-ring (bicyclic) bond motifs is 1. The Morgan fingerprint density at radius 1 is 1.50 bits per heavy atom. The lowest BCUT2D eigenvalue weighted by molar-refractivity contribution is -0.124. The van der Waals surface area contributed by atoms with Gasteiger partial charge in [0, 0.05) is 12.6 Å². The number of carbonyl (C=O) groups excluding carboxylic acids is 1. The Kier molecular flexibility index (Phi) is 5.92. The van der Waals surface area contributed by atoms with Crippen molar-refractivity contribution in [1.29, 1.82) is 0 Å². The summed E-state index contributed by atoms with van der Waals surface area (Å²) in [4.78, 5) is 12.4. The molecule has 0 spiro atoms. The van der Waals surface area contributed by atoms with Crippen LogP contribution in [0.4, 0.5) is 0 Å². The van der Waals surface area contributed by atoms with Crippen molar-refractivity contribution in [3.8, 4) is 0 Å². The monoisotopic (exact) mass is 292 g/mol. The molecule has 1 aromatic rings. The van der Waals surface area contributed by atoms with Gasteiger partial charge in [0.05, 0.1) is 0 Å². The number of benzene rings is 1. The minimum absolute atomic E-state index is 0.103. The fraction of sp³-hybridized carbons (Fsp3) is 0.562. The van der Waals surface area contributed by atoms with E-state index in [0.29, 0.717) is 0 Å². The van der Waals surface area contributed by atoms with E-state index in [1.54, 1.807) is 0 Å². The van der Waals surface area contributed by atoms with Crippen LogP contribution in [0, 0.1) is 0 Å². The first-order valence-corrected chi connectivity index (χ1v) is 8.57. The number of carbonyl (C=O) groups is 1. The Morgan fingerprint density at radius 2 is 2.30 bits per heavy atom. The summed E-state index contributed by atoms with van der Waals surface area (Å²) in [6.45, 7) is 5.12. The topological polar surface area (TPSA) is 41.1 Å². The quantitative estimate of drug-likeness (QED) is 0.792. The predicted molar refractivity (Wildman–Crippen MR) is 86.1 cm³/mol. The smallest absolute Gasteiger partial charge is 0.241 e. The van der Waals surface area contributed by atoms with Crippen molar-refractivity contribution >= 4 is 17.7 Å². The van der Waals surface area contributed by atoms with Gasteiger partial charge < -0.3 is 10.6 Å². The molecular weight excluding hydrogens is 268 g/mol. The normalized spacial score (nSPS) is 19.2. The van der Waals surface area contributed by atoms with Gasteiger partial charge >= 0.3 is 0 Å². The average Bonchev–Trinajstić information content (AvgIpc) is 2.47. The van der Waals surface area contributed by atoms with Crippen molar-refractivity contribution in [3.05, 3.63) is 35.4 Å². The largest absolute Gasteiger partial charge is 0.352 e. The van der Waals surface area contributed by atoms with Gasteiger partial charge in [-0.05, 0) is 42.4 Å². The lowest BCUT2D eigenvalue weighted by Gasteiger charge is -2.27. The van der Waals surface area contributed by atoms with E-state index in [1.165, 1.54) is 5.56 Å². The molecule has 4 heteroatoms. The second-order valence-electron chi connectivity index (χ2n) is 5.23. The van der Waals surface area contributed by atoms with Gasteiger partial charge in [-0.15, -0.1) is 0 Å². The SMILES string of the molecule is CCSCCC(C)NC(=O)C1NCCc2ccccc21. The Balaban J connectivity index is 1.93. The Labute approximate surface area is 125 Å². The summed E-state index contributed by atoms with van der Waals surface area (Å²) in [6, 6.07) is 8.27. The molecule has 1 amide bonds. The molecule has 0 radical (unpaired) electrons. The minimum Gasteiger partial charge on any atom is -0.352 e. The highest BCUT2D eigenvalue weighted by Crippen LogP contribution is 2.22. The number of hydrogen-bond acceptors (Lipinski definition) is 3. The molecule has 2 unspecified atom stereocenters. The molecule has 0 saturated heterocycles. The second-order valence-corrected chi connectivity index (χ2v) is 6.63. The maximum absolute atomic E-state index is 12.4. The van der Waals surface area contributed by atoms with Gasteiger partial charge in [-0.25, -0.2) is 0 Å². The van der Waals surface area contributed by atoms with Crippen LogP contribution in [-0.4, -0.2) is 30.0 Å². The first-order valence-electron chi connectivity index (χ1n) is 7.41. The molecule has 0 aromatic heterocycles. The van der Waals surface area contributed by atoms with Crippen molar-refractivity contribution in [1.82, 2.24) is 10.6 Å². The van der Waals surface area contributed by atoms with Gasteiger partial charge in [-0.1, -0.05) is 31.2 Å². The molecule has 2 N–H and O–H groups in total. The van der Waals surface area contributed by atoms with Gasteiger partial charge in [-0.3, -0.25) is 4.79 Å². The van der Waals surface area contributed by atoms with E-state index >= 15 is 0 Å². The van der Waals surface area contributed by atoms with Crippen LogP contribution in [0.2, 0.25) is 0 Å². The minimum atomic E-state index is -0.193. The van der Waals surface area contributed by atoms with Crippen molar-refractivity contribution in [2.75, 3.05) is 18.1 Å². The maximum Gasteiger partial charge on any atom is 0.241 e. The molecule has 0 bridgehead atoms. The molecule has 3 nitrogen and oxygen atoms in total. The van der Waals surface area contributed by atoms with Crippen molar-refractivity contribution < 1.29 is 4.79 Å². The summed E-state index contributed by atoms with van der Waals surface area (Å²) >= 11 is 1.92. The van der Waals surface area contributed by atoms with Crippen LogP contribution < -0.4 is 10.6 Å². The molecule has 1 aliphatic rings. The summed E-state index contributed by atoms with van der Waals surface area (Å²) in [5.74, 6) is 2.34. The molecule has 1 heterocycles. The standard InChI is InChI=1S/C16H24N2OS/c1-3-20-11-9-12(2)18-16(19)15-14-7-5-4-6-13(14)8-10-17-15/h4-7,12,15,17H,3,8-11H2,1-2H3,(H,18,19). The van der Waals surface area contributed by atoms with Gasteiger partial charge in [-0.2, -0.15) is 11.8 Å². The molecular formula is C16H24N2OS. The van der Waals surface area contributed by atoms with Crippen LogP contribution in [0.25, 0.3) is 0 Å². The summed E-state index contributed by atoms with van der Waals surface area (Å²) in [7, 11) is 0. The third-order valence-electron chi connectivity index (χ3n) is 3.66. The first-order chi connectivity index (χ1) is 9.72. The van der Waals surface area contributed by atoms with E-state index < -0.39 is 0 Å². The third-order valence-corrected chi connectivity index (χ3v) is 4.59. The van der Waals surface area contributed by atoms with Gasteiger partial charge in [0.25, 0.3) is 0 Å². The summed E-state index contributed by atoms with van der Waals surface area (Å²) in [5, 5.41) is 6.47. The summed E-state index contributed by atoms with van der Waals surface area (Å²) in [6.07, 6.45) is 2.03. The lowest BCUT2D eigenvalue weighted by Crippen LogP contribution is -2.44. The molecule has 0 fully saturated rings. The molecule has 20 heavy (non-hydrogen) atoms. The van der Waals surface area contributed by atoms with E-state index in [0.717, 1.165) is 36.5 Å². The number of rotatable bonds is 6. The third kappa shape index (κ3) is 4.00. The van der Waals surface area contributed by atoms with Crippen molar-refractivity contribution in [3.63, 3.8) is 0 Å². The Hall–Kier alpha value is -1.00. The van der Waals surface area contributed by atoms with E-state index in [1.807, 2.05) is 23.9 Å². The number of amides is 1. The summed E-state index contributed by atoms with van der Waals surface area (Å²) < 4.78 is 0. The van der Waals surface area contributed by atoms with Crippen LogP contribution in [-0.2, 0) is 11.2 Å². The maximum atomic E-state index is 12.4. The predicted octanol–water partition coefficient (Wildman–Crippen LogP) is 2.52. The highest BCUT2D eigenvalue weighted by Gasteiger charge is 2.26. The second kappa shape index (κ2) is 7.70. The molecule has 110 valence electrons. The van der Waals surface area contributed by atoms with Crippen molar-refractivity contribution in [2.24, 2.45) is 0 Å². The molecule has 0 aliphatic carbocycles. The first kappa shape index (κ1) is 15.4. The summed E-state index contributed by atoms with van der Waals surface area (Å²) in [5.41, 5.74) is 2.42. The number of nitrogens with one attached hydrogen (secondary N) is 2. The highest BCUT2D eigenvalue weighted by molar-refractivity contribution is 7.99. The average molecular weight is 292 g/mol. The number of thioether (sulfide) groups is 1. The highest BCUT2D eigenvalue weighted by atomic mass is 32.2. The molecule has 1 aliphatic heterocycles. The molecule has 2 atom stereocenters. The van der Waals surface area contributed by atoms with Gasteiger partial charge in [0.1, 0.15) is 6.04 Å². The molecule has 0 saturated carbocycles. The van der Waals surface area contributed by atoms with E-state index in [9.17, 15) is 4.79 Å².